The van der Waals surface area contributed by atoms with E-state index in [4.69, 9.17) is 0 Å². The average Bonchev–Trinajstić information content (AvgIpc) is 2.76. The minimum Gasteiger partial charge on any atom is -0.303 e. The molecule has 0 fully saturated rings. The second-order valence-electron chi connectivity index (χ2n) is 5.13. The first kappa shape index (κ1) is 14.3. The summed E-state index contributed by atoms with van der Waals surface area (Å²) in [4.78, 5) is 2.83. The van der Waals surface area contributed by atoms with Crippen molar-refractivity contribution >= 4 is 11.3 Å². The maximum Gasteiger partial charge on any atom is 0.0323 e. The molecule has 0 aliphatic heterocycles. The van der Waals surface area contributed by atoms with Crippen LogP contribution in [0.3, 0.4) is 0 Å². The molecule has 2 atom stereocenters. The van der Waals surface area contributed by atoms with E-state index < -0.39 is 0 Å². The van der Waals surface area contributed by atoms with Gasteiger partial charge in [-0.15, -0.1) is 11.3 Å². The van der Waals surface area contributed by atoms with E-state index in [1.54, 1.807) is 0 Å². The molecule has 19 heavy (non-hydrogen) atoms. The van der Waals surface area contributed by atoms with Gasteiger partial charge in [0.05, 0.1) is 0 Å². The molecule has 0 radical (unpaired) electrons. The summed E-state index contributed by atoms with van der Waals surface area (Å²) in [5.74, 6) is 0. The van der Waals surface area contributed by atoms with Gasteiger partial charge < -0.3 is 5.32 Å². The van der Waals surface area contributed by atoms with Gasteiger partial charge in [0.2, 0.25) is 0 Å². The van der Waals surface area contributed by atoms with Gasteiger partial charge in [-0.3, -0.25) is 0 Å². The summed E-state index contributed by atoms with van der Waals surface area (Å²) in [6, 6.07) is 13.9. The molecule has 2 aromatic rings. The molecule has 2 rings (SSSR count). The fourth-order valence-electron chi connectivity index (χ4n) is 2.61. The lowest BCUT2D eigenvalue weighted by Gasteiger charge is -2.23. The SMILES string of the molecule is CCC(NC(C)c1cc(C)sc1C)c1ccccc1. The maximum atomic E-state index is 3.76. The maximum absolute atomic E-state index is 3.76. The Hall–Kier alpha value is -1.12. The summed E-state index contributed by atoms with van der Waals surface area (Å²) >= 11 is 1.89. The summed E-state index contributed by atoms with van der Waals surface area (Å²) in [5, 5.41) is 3.76. The number of aryl methyl sites for hydroxylation is 2. The minimum absolute atomic E-state index is 0.398. The molecular formula is C17H23NS. The molecule has 0 amide bonds. The average molecular weight is 273 g/mol. The highest BCUT2D eigenvalue weighted by atomic mass is 32.1. The van der Waals surface area contributed by atoms with E-state index >= 15 is 0 Å². The van der Waals surface area contributed by atoms with Crippen LogP contribution in [0.1, 0.15) is 53.2 Å². The summed E-state index contributed by atoms with van der Waals surface area (Å²) in [6.07, 6.45) is 1.11. The standard InChI is InChI=1S/C17H23NS/c1-5-17(15-9-7-6-8-10-15)18-13(3)16-11-12(2)19-14(16)4/h6-11,13,17-18H,5H2,1-4H3. The normalized spacial score (nSPS) is 14.3. The van der Waals surface area contributed by atoms with Crippen molar-refractivity contribution < 1.29 is 0 Å². The van der Waals surface area contributed by atoms with E-state index in [9.17, 15) is 0 Å². The van der Waals surface area contributed by atoms with Crippen molar-refractivity contribution in [2.75, 3.05) is 0 Å². The second kappa shape index (κ2) is 6.36. The monoisotopic (exact) mass is 273 g/mol. The van der Waals surface area contributed by atoms with Gasteiger partial charge >= 0.3 is 0 Å². The molecule has 1 aromatic carbocycles. The molecule has 1 heterocycles. The van der Waals surface area contributed by atoms with E-state index in [0.717, 1.165) is 6.42 Å². The highest BCUT2D eigenvalue weighted by Crippen LogP contribution is 2.28. The molecule has 102 valence electrons. The minimum atomic E-state index is 0.398. The topological polar surface area (TPSA) is 12.0 Å². The van der Waals surface area contributed by atoms with Crippen LogP contribution < -0.4 is 5.32 Å². The number of rotatable bonds is 5. The lowest BCUT2D eigenvalue weighted by atomic mass is 10.0. The molecule has 0 saturated heterocycles. The fraction of sp³-hybridized carbons (Fsp3) is 0.412. The van der Waals surface area contributed by atoms with Crippen LogP contribution in [0, 0.1) is 13.8 Å². The van der Waals surface area contributed by atoms with E-state index in [1.165, 1.54) is 20.9 Å². The zero-order valence-electron chi connectivity index (χ0n) is 12.2. The molecule has 0 saturated carbocycles. The summed E-state index contributed by atoms with van der Waals surface area (Å²) in [6.45, 7) is 8.90. The van der Waals surface area contributed by atoms with Crippen molar-refractivity contribution in [1.29, 1.82) is 0 Å². The van der Waals surface area contributed by atoms with Crippen LogP contribution in [0.5, 0.6) is 0 Å². The molecule has 0 aliphatic carbocycles. The van der Waals surface area contributed by atoms with E-state index in [2.05, 4.69) is 69.4 Å². The lowest BCUT2D eigenvalue weighted by molar-refractivity contribution is 0.456. The van der Waals surface area contributed by atoms with Crippen molar-refractivity contribution in [3.63, 3.8) is 0 Å². The molecule has 1 aromatic heterocycles. The Bertz CT molecular complexity index is 515. The first-order chi connectivity index (χ1) is 9.11. The Labute approximate surface area is 120 Å². The first-order valence-corrected chi connectivity index (χ1v) is 7.81. The molecule has 1 nitrogen and oxygen atoms in total. The van der Waals surface area contributed by atoms with Crippen LogP contribution in [0.15, 0.2) is 36.4 Å². The summed E-state index contributed by atoms with van der Waals surface area (Å²) in [7, 11) is 0. The zero-order chi connectivity index (χ0) is 13.8. The molecular weight excluding hydrogens is 250 g/mol. The van der Waals surface area contributed by atoms with Crippen molar-refractivity contribution in [3.8, 4) is 0 Å². The summed E-state index contributed by atoms with van der Waals surface area (Å²) < 4.78 is 0. The van der Waals surface area contributed by atoms with E-state index in [-0.39, 0.29) is 0 Å². The van der Waals surface area contributed by atoms with Gasteiger partial charge in [0, 0.05) is 21.8 Å². The number of hydrogen-bond donors (Lipinski definition) is 1. The zero-order valence-corrected chi connectivity index (χ0v) is 13.1. The summed E-state index contributed by atoms with van der Waals surface area (Å²) in [5.41, 5.74) is 2.82. The number of benzene rings is 1. The third-order valence-corrected chi connectivity index (χ3v) is 4.59. The van der Waals surface area contributed by atoms with Crippen molar-refractivity contribution in [1.82, 2.24) is 5.32 Å². The number of thiophene rings is 1. The fourth-order valence-corrected chi connectivity index (χ4v) is 3.63. The van der Waals surface area contributed by atoms with Crippen LogP contribution in [0.25, 0.3) is 0 Å². The third-order valence-electron chi connectivity index (χ3n) is 3.61. The van der Waals surface area contributed by atoms with Gasteiger partial charge in [-0.05, 0) is 44.4 Å². The van der Waals surface area contributed by atoms with Gasteiger partial charge in [-0.1, -0.05) is 37.3 Å². The van der Waals surface area contributed by atoms with Crippen molar-refractivity contribution in [2.24, 2.45) is 0 Å². The molecule has 2 unspecified atom stereocenters. The molecule has 0 spiro atoms. The first-order valence-electron chi connectivity index (χ1n) is 6.99. The van der Waals surface area contributed by atoms with Gasteiger partial charge in [0.25, 0.3) is 0 Å². The molecule has 0 bridgehead atoms. The largest absolute Gasteiger partial charge is 0.303 e. The van der Waals surface area contributed by atoms with Crippen LogP contribution in [-0.4, -0.2) is 0 Å². The predicted octanol–water partition coefficient (Wildman–Crippen LogP) is 5.17. The van der Waals surface area contributed by atoms with E-state index in [0.29, 0.717) is 12.1 Å². The Kier molecular flexibility index (Phi) is 4.78. The van der Waals surface area contributed by atoms with Gasteiger partial charge in [0.1, 0.15) is 0 Å². The quantitative estimate of drug-likeness (QED) is 0.792. The lowest BCUT2D eigenvalue weighted by Crippen LogP contribution is -2.24. The van der Waals surface area contributed by atoms with Crippen molar-refractivity contribution in [2.45, 2.75) is 46.2 Å². The Balaban J connectivity index is 2.13. The Morgan fingerprint density at radius 1 is 1.16 bits per heavy atom. The van der Waals surface area contributed by atoms with Gasteiger partial charge in [-0.2, -0.15) is 0 Å². The highest BCUT2D eigenvalue weighted by molar-refractivity contribution is 7.12. The van der Waals surface area contributed by atoms with Gasteiger partial charge in [0.15, 0.2) is 0 Å². The van der Waals surface area contributed by atoms with Crippen LogP contribution >= 0.6 is 11.3 Å². The third kappa shape index (κ3) is 3.46. The molecule has 0 aliphatic rings. The van der Waals surface area contributed by atoms with Crippen LogP contribution in [-0.2, 0) is 0 Å². The second-order valence-corrected chi connectivity index (χ2v) is 6.59. The predicted molar refractivity (Wildman–Crippen MR) is 84.8 cm³/mol. The number of hydrogen-bond acceptors (Lipinski definition) is 2. The van der Waals surface area contributed by atoms with Crippen LogP contribution in [0.4, 0.5) is 0 Å². The molecule has 1 N–H and O–H groups in total. The number of nitrogens with one attached hydrogen (secondary N) is 1. The van der Waals surface area contributed by atoms with Crippen molar-refractivity contribution in [3.05, 3.63) is 57.3 Å². The van der Waals surface area contributed by atoms with Gasteiger partial charge in [-0.25, -0.2) is 0 Å². The Morgan fingerprint density at radius 3 is 2.37 bits per heavy atom. The highest BCUT2D eigenvalue weighted by Gasteiger charge is 2.16. The smallest absolute Gasteiger partial charge is 0.0323 e. The van der Waals surface area contributed by atoms with E-state index in [1.807, 2.05) is 11.3 Å². The Morgan fingerprint density at radius 2 is 1.84 bits per heavy atom. The molecule has 2 heteroatoms. The van der Waals surface area contributed by atoms with Crippen LogP contribution in [0.2, 0.25) is 0 Å².